The number of unbranched alkanes of at least 4 members (excludes halogenated alkanes) is 1. The minimum Gasteiger partial charge on any atom is -0.402 e. The predicted molar refractivity (Wildman–Crippen MR) is 187 cm³/mol. The lowest BCUT2D eigenvalue weighted by molar-refractivity contribution is -0.767. The average Bonchev–Trinajstić information content (AvgIpc) is 3.04. The Bertz CT molecular complexity index is 1740. The number of aryl methyl sites for hydroxylation is 2. The number of pyridine rings is 1. The maximum Gasteiger partial charge on any atom is 0.287 e. The number of fused-ring (bicyclic) bond motifs is 5. The van der Waals surface area contributed by atoms with Crippen molar-refractivity contribution in [1.29, 1.82) is 0 Å². The Morgan fingerprint density at radius 1 is 1.00 bits per heavy atom. The van der Waals surface area contributed by atoms with Crippen molar-refractivity contribution >= 4 is 16.6 Å². The zero-order chi connectivity index (χ0) is 32.4. The summed E-state index contributed by atoms with van der Waals surface area (Å²) >= 11 is 0. The van der Waals surface area contributed by atoms with Crippen LogP contribution < -0.4 is 14.9 Å². The molecule has 236 valence electrons. The molecule has 5 nitrogen and oxygen atoms in total. The van der Waals surface area contributed by atoms with Gasteiger partial charge in [-0.05, 0) is 79.4 Å². The molecule has 1 aliphatic rings. The van der Waals surface area contributed by atoms with Gasteiger partial charge in [0.15, 0.2) is 11.7 Å². The second-order valence-corrected chi connectivity index (χ2v) is 14.1. The Kier molecular flexibility index (Phi) is 9.30. The highest BCUT2D eigenvalue weighted by atomic mass is 15.1. The van der Waals surface area contributed by atoms with Crippen molar-refractivity contribution in [3.8, 4) is 11.3 Å². The molecule has 45 heavy (non-hydrogen) atoms. The Morgan fingerprint density at radius 2 is 1.76 bits per heavy atom. The highest BCUT2D eigenvalue weighted by molar-refractivity contribution is 6.06. The average molecular weight is 604 g/mol. The predicted octanol–water partition coefficient (Wildman–Crippen LogP) is 7.91. The van der Waals surface area contributed by atoms with E-state index in [1.165, 1.54) is 40.6 Å². The molecule has 5 rings (SSSR count). The van der Waals surface area contributed by atoms with Gasteiger partial charge in [-0.2, -0.15) is 4.57 Å². The number of nitrogens with zero attached hydrogens (tertiary/aromatic N) is 4. The Balaban J connectivity index is 1.64. The summed E-state index contributed by atoms with van der Waals surface area (Å²) in [6.07, 6.45) is 12.7. The smallest absolute Gasteiger partial charge is 0.287 e. The number of rotatable bonds is 10. The van der Waals surface area contributed by atoms with Gasteiger partial charge in [-0.3, -0.25) is 4.99 Å². The second kappa shape index (κ2) is 12.9. The fourth-order valence-electron chi connectivity index (χ4n) is 7.39. The molecule has 0 amide bonds. The first-order valence-corrected chi connectivity index (χ1v) is 16.9. The highest BCUT2D eigenvalue weighted by Gasteiger charge is 2.56. The van der Waals surface area contributed by atoms with Crippen LogP contribution >= 0.6 is 0 Å². The molecule has 0 saturated carbocycles. The van der Waals surface area contributed by atoms with E-state index in [1.807, 2.05) is 6.07 Å². The Hall–Kier alpha value is -3.86. The molecule has 4 aromatic rings. The van der Waals surface area contributed by atoms with Gasteiger partial charge in [-0.1, -0.05) is 78.3 Å². The van der Waals surface area contributed by atoms with E-state index in [0.29, 0.717) is 6.54 Å². The van der Waals surface area contributed by atoms with Crippen molar-refractivity contribution in [2.45, 2.75) is 97.9 Å². The molecule has 2 N–H and O–H groups in total. The van der Waals surface area contributed by atoms with Crippen molar-refractivity contribution in [2.24, 2.45) is 23.2 Å². The van der Waals surface area contributed by atoms with Gasteiger partial charge in [0.25, 0.3) is 6.33 Å². The number of hydrogen-bond donors (Lipinski definition) is 1. The van der Waals surface area contributed by atoms with Gasteiger partial charge >= 0.3 is 0 Å². The third-order valence-electron chi connectivity index (χ3n) is 10.5. The van der Waals surface area contributed by atoms with Crippen LogP contribution in [-0.2, 0) is 24.4 Å². The fraction of sp³-hybridized carbons (Fsp3) is 0.450. The molecule has 0 fully saturated rings. The van der Waals surface area contributed by atoms with Crippen LogP contribution in [0.15, 0.2) is 90.0 Å². The minimum absolute atomic E-state index is 0.140. The third kappa shape index (κ3) is 5.82. The van der Waals surface area contributed by atoms with E-state index < -0.39 is 0 Å². The van der Waals surface area contributed by atoms with E-state index >= 15 is 0 Å². The number of nitrogens with two attached hydrogens (primary N) is 1. The van der Waals surface area contributed by atoms with Gasteiger partial charge in [0.05, 0.1) is 5.39 Å². The summed E-state index contributed by atoms with van der Waals surface area (Å²) in [5.41, 5.74) is 15.4. The van der Waals surface area contributed by atoms with E-state index in [-0.39, 0.29) is 16.4 Å². The number of aromatic nitrogens is 3. The number of aliphatic imine (C=N–C) groups is 1. The van der Waals surface area contributed by atoms with Crippen molar-refractivity contribution in [3.63, 3.8) is 0 Å². The topological polar surface area (TPSA) is 59.0 Å². The lowest BCUT2D eigenvalue weighted by atomic mass is 9.58. The third-order valence-corrected chi connectivity index (χ3v) is 10.5. The molecule has 0 aliphatic carbocycles. The first-order valence-electron chi connectivity index (χ1n) is 16.9. The van der Waals surface area contributed by atoms with E-state index in [1.54, 1.807) is 0 Å². The largest absolute Gasteiger partial charge is 0.402 e. The van der Waals surface area contributed by atoms with E-state index in [9.17, 15) is 0 Å². The van der Waals surface area contributed by atoms with Gasteiger partial charge in [-0.25, -0.2) is 4.57 Å². The molecule has 0 radical (unpaired) electrons. The van der Waals surface area contributed by atoms with Crippen LogP contribution in [0.2, 0.25) is 0 Å². The molecule has 2 aromatic heterocycles. The maximum absolute atomic E-state index is 6.63. The number of benzene rings is 2. The first-order chi connectivity index (χ1) is 21.5. The van der Waals surface area contributed by atoms with Crippen LogP contribution in [0, 0.1) is 5.41 Å². The quantitative estimate of drug-likeness (QED) is 0.148. The maximum atomic E-state index is 6.63. The monoisotopic (exact) mass is 603 g/mol. The zero-order valence-electron chi connectivity index (χ0n) is 28.8. The lowest BCUT2D eigenvalue weighted by Gasteiger charge is -2.50. The van der Waals surface area contributed by atoms with Crippen LogP contribution in [0.25, 0.3) is 22.2 Å². The van der Waals surface area contributed by atoms with Crippen molar-refractivity contribution in [1.82, 2.24) is 4.98 Å². The van der Waals surface area contributed by atoms with Crippen LogP contribution in [0.5, 0.6) is 0 Å². The molecule has 1 aliphatic heterocycles. The molecule has 2 unspecified atom stereocenters. The normalized spacial score (nSPS) is 20.3. The van der Waals surface area contributed by atoms with E-state index in [4.69, 9.17) is 15.7 Å². The highest BCUT2D eigenvalue weighted by Crippen LogP contribution is 2.52. The van der Waals surface area contributed by atoms with Gasteiger partial charge < -0.3 is 5.73 Å². The molecule has 3 heterocycles. The van der Waals surface area contributed by atoms with Gasteiger partial charge in [-0.15, -0.1) is 0 Å². The van der Waals surface area contributed by atoms with E-state index in [2.05, 4.69) is 138 Å². The van der Waals surface area contributed by atoms with Gasteiger partial charge in [0.2, 0.25) is 5.69 Å². The standard InChI is InChI=1S/C40H53N5/c1-9-12-17-29-21-22-31-33(26-29)43-28-45-37(31)30-18-13-14-19-32(30)40(11-3,39(45,7)10-2)23-24-42-34(27-36(41)38(4,5)6)35-20-15-16-25-44(35)8/h13-16,18-22,25-28H,9-12,17,23-24,41H2,1-8H3/q+2. The van der Waals surface area contributed by atoms with Crippen LogP contribution in [0.4, 0.5) is 0 Å². The van der Waals surface area contributed by atoms with Crippen molar-refractivity contribution < 1.29 is 9.13 Å². The first kappa shape index (κ1) is 32.5. The summed E-state index contributed by atoms with van der Waals surface area (Å²) in [5, 5.41) is 1.23. The zero-order valence-corrected chi connectivity index (χ0v) is 28.8. The molecular weight excluding hydrogens is 550 g/mol. The molecule has 0 bridgehead atoms. The summed E-state index contributed by atoms with van der Waals surface area (Å²) in [6, 6.07) is 22.3. The summed E-state index contributed by atoms with van der Waals surface area (Å²) in [5.74, 6) is 0. The van der Waals surface area contributed by atoms with Crippen LogP contribution in [0.3, 0.4) is 0 Å². The Labute approximate surface area is 271 Å². The summed E-state index contributed by atoms with van der Waals surface area (Å²) in [7, 11) is 2.07. The van der Waals surface area contributed by atoms with E-state index in [0.717, 1.165) is 48.3 Å². The summed E-state index contributed by atoms with van der Waals surface area (Å²) in [6.45, 7) is 16.5. The number of hydrogen-bond acceptors (Lipinski definition) is 3. The minimum atomic E-state index is -0.194. The van der Waals surface area contributed by atoms with Crippen LogP contribution in [0.1, 0.15) is 97.4 Å². The molecule has 0 saturated heterocycles. The fourth-order valence-corrected chi connectivity index (χ4v) is 7.39. The summed E-state index contributed by atoms with van der Waals surface area (Å²) < 4.78 is 4.63. The molecule has 2 atom stereocenters. The SMILES string of the molecule is CCCCc1ccc2c3[n+](cnc2c1)C(C)(CC)C(CC)(CCN=C(C=C(N)C(C)(C)C)c1cccc[n+]1C)c1ccccc1-3. The van der Waals surface area contributed by atoms with Crippen LogP contribution in [-0.4, -0.2) is 17.2 Å². The molecule has 2 aromatic carbocycles. The summed E-state index contributed by atoms with van der Waals surface area (Å²) in [4.78, 5) is 10.4. The molecular formula is C40H53N5+2. The number of allylic oxidation sites excluding steroid dienone is 2. The molecule has 5 heteroatoms. The second-order valence-electron chi connectivity index (χ2n) is 14.1. The molecule has 0 spiro atoms. The van der Waals surface area contributed by atoms with Crippen molar-refractivity contribution in [3.05, 3.63) is 102 Å². The Morgan fingerprint density at radius 3 is 2.44 bits per heavy atom. The lowest BCUT2D eigenvalue weighted by Crippen LogP contribution is -2.68. The van der Waals surface area contributed by atoms with Gasteiger partial charge in [0.1, 0.15) is 24.0 Å². The van der Waals surface area contributed by atoms with Crippen molar-refractivity contribution in [2.75, 3.05) is 6.54 Å². The van der Waals surface area contributed by atoms with Gasteiger partial charge in [0, 0.05) is 40.8 Å².